The Morgan fingerprint density at radius 2 is 1.23 bits per heavy atom. The van der Waals surface area contributed by atoms with Gasteiger partial charge in [0, 0.05) is 34.2 Å². The molecule has 7 rings (SSSR count). The molecule has 1 N–H and O–H groups in total. The van der Waals surface area contributed by atoms with Gasteiger partial charge in [-0.1, -0.05) is 66.7 Å². The van der Waals surface area contributed by atoms with Crippen molar-refractivity contribution in [3.63, 3.8) is 0 Å². The van der Waals surface area contributed by atoms with Gasteiger partial charge in [-0.05, 0) is 66.7 Å². The van der Waals surface area contributed by atoms with Crippen LogP contribution in [0.1, 0.15) is 0 Å². The first-order chi connectivity index (χ1) is 19.3. The average Bonchev–Trinajstić information content (AvgIpc) is 3.38. The molecule has 0 unspecified atom stereocenters. The van der Waals surface area contributed by atoms with Crippen LogP contribution in [0.5, 0.6) is 0 Å². The molecule has 2 heterocycles. The molecule has 0 saturated carbocycles. The Labute approximate surface area is 225 Å². The molecule has 0 spiro atoms. The highest BCUT2D eigenvalue weighted by Crippen LogP contribution is 2.36. The number of para-hydroxylation sites is 5. The fourth-order valence-corrected chi connectivity index (χ4v) is 5.07. The number of hydrogen-bond acceptors (Lipinski definition) is 4. The lowest BCUT2D eigenvalue weighted by atomic mass is 10.1. The third-order valence-electron chi connectivity index (χ3n) is 6.86. The van der Waals surface area contributed by atoms with E-state index >= 15 is 0 Å². The van der Waals surface area contributed by atoms with Gasteiger partial charge < -0.3 is 9.32 Å². The number of benzene rings is 5. The summed E-state index contributed by atoms with van der Waals surface area (Å²) in [5, 5.41) is 9.80. The van der Waals surface area contributed by atoms with E-state index in [0.29, 0.717) is 17.0 Å². The van der Waals surface area contributed by atoms with Crippen LogP contribution in [0.3, 0.4) is 0 Å². The van der Waals surface area contributed by atoms with Gasteiger partial charge in [0.15, 0.2) is 5.82 Å². The van der Waals surface area contributed by atoms with E-state index in [2.05, 4.69) is 45.9 Å². The molecule has 0 saturated heterocycles. The first kappa shape index (κ1) is 22.8. The largest absolute Gasteiger partial charge is 0.438 e. The Morgan fingerprint density at radius 1 is 0.615 bits per heavy atom. The van der Waals surface area contributed by atoms with Gasteiger partial charge in [0.25, 0.3) is 0 Å². The van der Waals surface area contributed by atoms with Gasteiger partial charge in [0.2, 0.25) is 5.55 Å². The molecule has 5 aromatic carbocycles. The molecule has 2 aromatic heterocycles. The van der Waals surface area contributed by atoms with Crippen molar-refractivity contribution in [2.75, 3.05) is 4.90 Å². The minimum absolute atomic E-state index is 0.0677. The number of aromatic nitrogens is 2. The lowest BCUT2D eigenvalue weighted by Crippen LogP contribution is -2.10. The van der Waals surface area contributed by atoms with Crippen LogP contribution in [-0.4, -0.2) is 9.55 Å². The molecular weight excluding hydrogens is 480 g/mol. The molecule has 39 heavy (non-hydrogen) atoms. The molecule has 0 aliphatic heterocycles. The summed E-state index contributed by atoms with van der Waals surface area (Å²) >= 11 is 0. The molecule has 0 atom stereocenters. The number of fused-ring (bicyclic) bond motifs is 2. The highest BCUT2D eigenvalue weighted by Gasteiger charge is 2.18. The zero-order valence-corrected chi connectivity index (χ0v) is 21.0. The smallest absolute Gasteiger partial charge is 0.223 e. The molecule has 0 aliphatic rings. The summed E-state index contributed by atoms with van der Waals surface area (Å²) in [4.78, 5) is 7.11. The highest BCUT2D eigenvalue weighted by atomic mass is 16.3. The summed E-state index contributed by atoms with van der Waals surface area (Å²) in [5.74, 6) is 0.678. The minimum atomic E-state index is 0.0677. The van der Waals surface area contributed by atoms with E-state index in [0.717, 1.165) is 39.2 Å². The Kier molecular flexibility index (Phi) is 5.52. The van der Waals surface area contributed by atoms with Crippen LogP contribution >= 0.6 is 0 Å². The van der Waals surface area contributed by atoms with Gasteiger partial charge in [-0.2, -0.15) is 0 Å². The summed E-state index contributed by atoms with van der Waals surface area (Å²) in [6.07, 6.45) is 0. The molecular formula is C34H24N4O. The molecule has 186 valence electrons. The summed E-state index contributed by atoms with van der Waals surface area (Å²) in [5.41, 5.74) is 7.22. The Morgan fingerprint density at radius 3 is 1.92 bits per heavy atom. The van der Waals surface area contributed by atoms with Gasteiger partial charge in [-0.15, -0.1) is 0 Å². The molecule has 5 nitrogen and oxygen atoms in total. The standard InChI is InChI=1S/C34H24N4O/c35-33-29(34-36-30-18-10-11-19-31(30)38(34)27-16-8-3-9-17-27)22-24-20-21-28(23-32(24)39-33)37(25-12-4-1-5-13-25)26-14-6-2-7-15-26/h1-23,35H. The van der Waals surface area contributed by atoms with E-state index in [4.69, 9.17) is 14.8 Å². The number of anilines is 3. The zero-order valence-electron chi connectivity index (χ0n) is 21.0. The second-order valence-corrected chi connectivity index (χ2v) is 9.31. The maximum absolute atomic E-state index is 8.90. The number of nitrogens with zero attached hydrogens (tertiary/aromatic N) is 3. The highest BCUT2D eigenvalue weighted by molar-refractivity contribution is 5.89. The maximum Gasteiger partial charge on any atom is 0.223 e. The first-order valence-electron chi connectivity index (χ1n) is 12.8. The molecule has 0 amide bonds. The average molecular weight is 505 g/mol. The van der Waals surface area contributed by atoms with Crippen LogP contribution in [0, 0.1) is 5.41 Å². The lowest BCUT2D eigenvalue weighted by Gasteiger charge is -2.25. The molecule has 7 aromatic rings. The topological polar surface area (TPSA) is 58.1 Å². The quantitative estimate of drug-likeness (QED) is 0.256. The summed E-state index contributed by atoms with van der Waals surface area (Å²) in [7, 11) is 0. The van der Waals surface area contributed by atoms with E-state index in [1.807, 2.05) is 103 Å². The molecule has 0 bridgehead atoms. The van der Waals surface area contributed by atoms with Crippen LogP contribution in [0.25, 0.3) is 39.1 Å². The van der Waals surface area contributed by atoms with E-state index < -0.39 is 0 Å². The number of rotatable bonds is 5. The number of hydrogen-bond donors (Lipinski definition) is 1. The first-order valence-corrected chi connectivity index (χ1v) is 12.8. The minimum Gasteiger partial charge on any atom is -0.438 e. The van der Waals surface area contributed by atoms with Crippen LogP contribution < -0.4 is 10.5 Å². The molecule has 0 radical (unpaired) electrons. The van der Waals surface area contributed by atoms with Crippen LogP contribution in [0.15, 0.2) is 144 Å². The summed E-state index contributed by atoms with van der Waals surface area (Å²) in [6, 6.07) is 46.8. The Bertz CT molecular complexity index is 1940. The van der Waals surface area contributed by atoms with Gasteiger partial charge in [-0.25, -0.2) is 4.98 Å². The maximum atomic E-state index is 8.90. The van der Waals surface area contributed by atoms with Crippen molar-refractivity contribution in [2.24, 2.45) is 0 Å². The predicted octanol–water partition coefficient (Wildman–Crippen LogP) is 8.39. The molecule has 5 heteroatoms. The van der Waals surface area contributed by atoms with E-state index in [9.17, 15) is 0 Å². The third-order valence-corrected chi connectivity index (χ3v) is 6.86. The van der Waals surface area contributed by atoms with Crippen molar-refractivity contribution in [2.45, 2.75) is 0 Å². The summed E-state index contributed by atoms with van der Waals surface area (Å²) < 4.78 is 8.27. The fraction of sp³-hybridized carbons (Fsp3) is 0. The van der Waals surface area contributed by atoms with Gasteiger partial charge in [0.05, 0.1) is 16.6 Å². The van der Waals surface area contributed by atoms with Gasteiger partial charge >= 0.3 is 0 Å². The van der Waals surface area contributed by atoms with Gasteiger partial charge in [0.1, 0.15) is 5.58 Å². The van der Waals surface area contributed by atoms with E-state index in [1.165, 1.54) is 0 Å². The van der Waals surface area contributed by atoms with E-state index in [-0.39, 0.29) is 5.55 Å². The van der Waals surface area contributed by atoms with Crippen molar-refractivity contribution in [1.29, 1.82) is 5.41 Å². The molecule has 0 aliphatic carbocycles. The van der Waals surface area contributed by atoms with Crippen LogP contribution in [-0.2, 0) is 0 Å². The van der Waals surface area contributed by atoms with E-state index in [1.54, 1.807) is 0 Å². The monoisotopic (exact) mass is 504 g/mol. The van der Waals surface area contributed by atoms with Crippen molar-refractivity contribution in [3.05, 3.63) is 145 Å². The molecule has 0 fully saturated rings. The van der Waals surface area contributed by atoms with Gasteiger partial charge in [-0.3, -0.25) is 9.98 Å². The van der Waals surface area contributed by atoms with Crippen molar-refractivity contribution in [1.82, 2.24) is 9.55 Å². The second kappa shape index (κ2) is 9.47. The predicted molar refractivity (Wildman–Crippen MR) is 157 cm³/mol. The normalized spacial score (nSPS) is 11.2. The second-order valence-electron chi connectivity index (χ2n) is 9.31. The van der Waals surface area contributed by atoms with Crippen molar-refractivity contribution < 1.29 is 4.42 Å². The SMILES string of the molecule is N=c1oc2cc(N(c3ccccc3)c3ccccc3)ccc2cc1-c1nc2ccccc2n1-c1ccccc1. The van der Waals surface area contributed by atoms with Crippen molar-refractivity contribution >= 4 is 39.1 Å². The zero-order chi connectivity index (χ0) is 26.2. The Hall–Kier alpha value is -5.42. The summed E-state index contributed by atoms with van der Waals surface area (Å²) in [6.45, 7) is 0. The lowest BCUT2D eigenvalue weighted by molar-refractivity contribution is 0.535. The van der Waals surface area contributed by atoms with Crippen LogP contribution in [0.4, 0.5) is 17.1 Å². The Balaban J connectivity index is 1.39. The fourth-order valence-electron chi connectivity index (χ4n) is 5.07. The van der Waals surface area contributed by atoms with Crippen LogP contribution in [0.2, 0.25) is 0 Å². The number of imidazole rings is 1. The number of nitrogens with one attached hydrogen (secondary N) is 1. The van der Waals surface area contributed by atoms with Crippen molar-refractivity contribution in [3.8, 4) is 17.1 Å². The third kappa shape index (κ3) is 4.06.